The predicted octanol–water partition coefficient (Wildman–Crippen LogP) is 0.664. The van der Waals surface area contributed by atoms with E-state index in [1.165, 1.54) is 11.0 Å². The van der Waals surface area contributed by atoms with E-state index >= 15 is 0 Å². The van der Waals surface area contributed by atoms with Gasteiger partial charge in [0.2, 0.25) is 0 Å². The molecule has 6 nitrogen and oxygen atoms in total. The number of hydrogen-bond donors (Lipinski definition) is 0. The molecule has 3 rings (SSSR count). The van der Waals surface area contributed by atoms with E-state index in [2.05, 4.69) is 0 Å². The standard InChI is InChI=1S/C14H13NO5S/c16-13(15-5-7-21(18,19)8-6-15)11-9-10-3-1-2-4-12(10)20-14(11)17/h1-4,9H,5-8H2. The fraction of sp³-hybridized carbons (Fsp3) is 0.286. The van der Waals surface area contributed by atoms with Crippen LogP contribution < -0.4 is 5.63 Å². The summed E-state index contributed by atoms with van der Waals surface area (Å²) in [4.78, 5) is 25.6. The summed E-state index contributed by atoms with van der Waals surface area (Å²) >= 11 is 0. The molecular weight excluding hydrogens is 294 g/mol. The van der Waals surface area contributed by atoms with Gasteiger partial charge in [-0.05, 0) is 12.1 Å². The molecule has 0 bridgehead atoms. The molecule has 110 valence electrons. The third-order valence-electron chi connectivity index (χ3n) is 3.50. The van der Waals surface area contributed by atoms with Crippen LogP contribution in [0.4, 0.5) is 0 Å². The smallest absolute Gasteiger partial charge is 0.349 e. The molecule has 7 heteroatoms. The van der Waals surface area contributed by atoms with E-state index in [9.17, 15) is 18.0 Å². The summed E-state index contributed by atoms with van der Waals surface area (Å²) in [5.41, 5.74) is -0.347. The van der Waals surface area contributed by atoms with Gasteiger partial charge in [-0.2, -0.15) is 0 Å². The van der Waals surface area contributed by atoms with Crippen LogP contribution in [0.3, 0.4) is 0 Å². The van der Waals surface area contributed by atoms with Crippen LogP contribution in [-0.4, -0.2) is 43.8 Å². The number of benzene rings is 1. The zero-order valence-corrected chi connectivity index (χ0v) is 11.9. The van der Waals surface area contributed by atoms with Gasteiger partial charge in [0.05, 0.1) is 11.5 Å². The van der Waals surface area contributed by atoms with Gasteiger partial charge in [-0.15, -0.1) is 0 Å². The van der Waals surface area contributed by atoms with E-state index in [0.29, 0.717) is 11.0 Å². The third-order valence-corrected chi connectivity index (χ3v) is 5.11. The van der Waals surface area contributed by atoms with Crippen molar-refractivity contribution in [3.8, 4) is 0 Å². The zero-order valence-electron chi connectivity index (χ0n) is 11.1. The molecule has 0 aliphatic carbocycles. The first kappa shape index (κ1) is 13.8. The Bertz CT molecular complexity index is 854. The van der Waals surface area contributed by atoms with Crippen molar-refractivity contribution in [2.75, 3.05) is 24.6 Å². The Labute approximate surface area is 120 Å². The van der Waals surface area contributed by atoms with Gasteiger partial charge in [0.25, 0.3) is 5.91 Å². The van der Waals surface area contributed by atoms with Crippen LogP contribution >= 0.6 is 0 Å². The normalized spacial score (nSPS) is 17.8. The van der Waals surface area contributed by atoms with E-state index < -0.39 is 21.4 Å². The van der Waals surface area contributed by atoms with E-state index in [1.54, 1.807) is 24.3 Å². The lowest BCUT2D eigenvalue weighted by Gasteiger charge is -2.26. The number of para-hydroxylation sites is 1. The van der Waals surface area contributed by atoms with Crippen molar-refractivity contribution >= 4 is 26.7 Å². The largest absolute Gasteiger partial charge is 0.422 e. The highest BCUT2D eigenvalue weighted by Gasteiger charge is 2.27. The van der Waals surface area contributed by atoms with Crippen LogP contribution in [0.1, 0.15) is 10.4 Å². The van der Waals surface area contributed by atoms with Crippen LogP contribution in [-0.2, 0) is 9.84 Å². The molecule has 1 aromatic carbocycles. The van der Waals surface area contributed by atoms with Crippen molar-refractivity contribution in [1.29, 1.82) is 0 Å². The second kappa shape index (κ2) is 5.00. The van der Waals surface area contributed by atoms with Crippen molar-refractivity contribution < 1.29 is 17.6 Å². The number of carbonyl (C=O) groups excluding carboxylic acids is 1. The first-order chi connectivity index (χ1) is 9.96. The van der Waals surface area contributed by atoms with Gasteiger partial charge in [0.15, 0.2) is 9.84 Å². The Morgan fingerprint density at radius 2 is 1.81 bits per heavy atom. The maximum absolute atomic E-state index is 12.3. The van der Waals surface area contributed by atoms with Crippen molar-refractivity contribution in [3.05, 3.63) is 46.3 Å². The minimum Gasteiger partial charge on any atom is -0.422 e. The molecule has 21 heavy (non-hydrogen) atoms. The van der Waals surface area contributed by atoms with Gasteiger partial charge >= 0.3 is 5.63 Å². The Hall–Kier alpha value is -2.15. The van der Waals surface area contributed by atoms with Crippen molar-refractivity contribution in [2.24, 2.45) is 0 Å². The monoisotopic (exact) mass is 307 g/mol. The predicted molar refractivity (Wildman–Crippen MR) is 77.0 cm³/mol. The summed E-state index contributed by atoms with van der Waals surface area (Å²) in [6.07, 6.45) is 0. The summed E-state index contributed by atoms with van der Waals surface area (Å²) in [7, 11) is -3.07. The molecule has 0 unspecified atom stereocenters. The maximum Gasteiger partial charge on any atom is 0.349 e. The summed E-state index contributed by atoms with van der Waals surface area (Å²) in [6, 6.07) is 8.41. The molecule has 2 heterocycles. The first-order valence-electron chi connectivity index (χ1n) is 6.49. The van der Waals surface area contributed by atoms with E-state index in [-0.39, 0.29) is 30.2 Å². The average Bonchev–Trinajstić information content (AvgIpc) is 2.46. The molecule has 2 aromatic rings. The van der Waals surface area contributed by atoms with E-state index in [0.717, 1.165) is 0 Å². The van der Waals surface area contributed by atoms with Crippen LogP contribution in [0, 0.1) is 0 Å². The molecule has 1 aliphatic heterocycles. The number of sulfone groups is 1. The summed E-state index contributed by atoms with van der Waals surface area (Å²) < 4.78 is 27.9. The van der Waals surface area contributed by atoms with Crippen LogP contribution in [0.2, 0.25) is 0 Å². The molecule has 0 N–H and O–H groups in total. The molecule has 1 saturated heterocycles. The maximum atomic E-state index is 12.3. The van der Waals surface area contributed by atoms with E-state index in [1.807, 2.05) is 0 Å². The van der Waals surface area contributed by atoms with Crippen molar-refractivity contribution in [2.45, 2.75) is 0 Å². The lowest BCUT2D eigenvalue weighted by Crippen LogP contribution is -2.44. The minimum atomic E-state index is -3.07. The molecule has 0 atom stereocenters. The van der Waals surface area contributed by atoms with Crippen LogP contribution in [0.5, 0.6) is 0 Å². The topological polar surface area (TPSA) is 84.7 Å². The van der Waals surface area contributed by atoms with Crippen molar-refractivity contribution in [3.63, 3.8) is 0 Å². The number of hydrogen-bond acceptors (Lipinski definition) is 5. The highest BCUT2D eigenvalue weighted by molar-refractivity contribution is 7.91. The number of carbonyl (C=O) groups is 1. The lowest BCUT2D eigenvalue weighted by molar-refractivity contribution is 0.0766. The lowest BCUT2D eigenvalue weighted by atomic mass is 10.1. The van der Waals surface area contributed by atoms with Crippen LogP contribution in [0.15, 0.2) is 39.5 Å². The van der Waals surface area contributed by atoms with Gasteiger partial charge in [-0.1, -0.05) is 18.2 Å². The van der Waals surface area contributed by atoms with Gasteiger partial charge in [0.1, 0.15) is 11.1 Å². The van der Waals surface area contributed by atoms with Gasteiger partial charge in [0, 0.05) is 18.5 Å². The Morgan fingerprint density at radius 1 is 1.14 bits per heavy atom. The zero-order chi connectivity index (χ0) is 15.0. The number of rotatable bonds is 1. The number of nitrogens with zero attached hydrogens (tertiary/aromatic N) is 1. The molecular formula is C14H13NO5S. The number of fused-ring (bicyclic) bond motifs is 1. The molecule has 1 amide bonds. The Kier molecular flexibility index (Phi) is 3.29. The molecule has 1 aromatic heterocycles. The molecule has 0 radical (unpaired) electrons. The van der Waals surface area contributed by atoms with Gasteiger partial charge < -0.3 is 9.32 Å². The van der Waals surface area contributed by atoms with Crippen molar-refractivity contribution in [1.82, 2.24) is 4.90 Å². The third kappa shape index (κ3) is 2.69. The number of amides is 1. The summed E-state index contributed by atoms with van der Waals surface area (Å²) in [6.45, 7) is 0.209. The van der Waals surface area contributed by atoms with Gasteiger partial charge in [-0.25, -0.2) is 13.2 Å². The first-order valence-corrected chi connectivity index (χ1v) is 8.31. The minimum absolute atomic E-state index is 0.0620. The highest BCUT2D eigenvalue weighted by atomic mass is 32.2. The summed E-state index contributed by atoms with van der Waals surface area (Å²) in [5.74, 6) is -0.626. The Morgan fingerprint density at radius 3 is 2.52 bits per heavy atom. The average molecular weight is 307 g/mol. The SMILES string of the molecule is O=C(c1cc2ccccc2oc1=O)N1CCS(=O)(=O)CC1. The Balaban J connectivity index is 1.95. The molecule has 1 aliphatic rings. The van der Waals surface area contributed by atoms with E-state index in [4.69, 9.17) is 4.42 Å². The molecule has 1 fully saturated rings. The molecule has 0 saturated carbocycles. The fourth-order valence-electron chi connectivity index (χ4n) is 2.30. The van der Waals surface area contributed by atoms with Crippen LogP contribution in [0.25, 0.3) is 11.0 Å². The second-order valence-electron chi connectivity index (χ2n) is 4.93. The highest BCUT2D eigenvalue weighted by Crippen LogP contribution is 2.14. The quantitative estimate of drug-likeness (QED) is 0.723. The molecule has 0 spiro atoms. The second-order valence-corrected chi connectivity index (χ2v) is 7.23. The van der Waals surface area contributed by atoms with Gasteiger partial charge in [-0.3, -0.25) is 4.79 Å². The summed E-state index contributed by atoms with van der Waals surface area (Å²) in [5, 5.41) is 0.657. The fourth-order valence-corrected chi connectivity index (χ4v) is 3.50.